The summed E-state index contributed by atoms with van der Waals surface area (Å²) in [7, 11) is 2.62. The predicted octanol–water partition coefficient (Wildman–Crippen LogP) is 7.56. The lowest BCUT2D eigenvalue weighted by Crippen LogP contribution is -2.33. The van der Waals surface area contributed by atoms with Crippen LogP contribution in [-0.4, -0.2) is 55.9 Å². The smallest absolute Gasteiger partial charge is 0.411 e. The summed E-state index contributed by atoms with van der Waals surface area (Å²) in [5.41, 5.74) is 6.22. The summed E-state index contributed by atoms with van der Waals surface area (Å²) in [5, 5.41) is 19.8. The van der Waals surface area contributed by atoms with Crippen LogP contribution in [0, 0.1) is 0 Å². The Kier molecular flexibility index (Phi) is 13.4. The van der Waals surface area contributed by atoms with Gasteiger partial charge in [-0.3, -0.25) is 20.3 Å². The number of aliphatic hydroxyl groups excluding tert-OH is 1. The molecule has 11 nitrogen and oxygen atoms in total. The summed E-state index contributed by atoms with van der Waals surface area (Å²) in [5.74, 6) is 0.305. The highest BCUT2D eigenvalue weighted by Gasteiger charge is 2.23. The molecular weight excluding hydrogens is 660 g/mol. The zero-order chi connectivity index (χ0) is 36.7. The van der Waals surface area contributed by atoms with E-state index in [0.29, 0.717) is 54.5 Å². The number of hydrogen-bond acceptors (Lipinski definition) is 8. The highest BCUT2D eigenvalue weighted by Crippen LogP contribution is 2.32. The Morgan fingerprint density at radius 1 is 0.692 bits per heavy atom. The van der Waals surface area contributed by atoms with Crippen LogP contribution in [0.15, 0.2) is 127 Å². The molecule has 0 fully saturated rings. The van der Waals surface area contributed by atoms with E-state index in [4.69, 9.17) is 14.2 Å². The molecule has 4 N–H and O–H groups in total. The zero-order valence-corrected chi connectivity index (χ0v) is 29.0. The van der Waals surface area contributed by atoms with Gasteiger partial charge in [-0.1, -0.05) is 91.0 Å². The fourth-order valence-electron chi connectivity index (χ4n) is 5.78. The maximum Gasteiger partial charge on any atom is 0.411 e. The summed E-state index contributed by atoms with van der Waals surface area (Å²) < 4.78 is 15.5. The van der Waals surface area contributed by atoms with Crippen molar-refractivity contribution in [3.8, 4) is 5.75 Å². The lowest BCUT2D eigenvalue weighted by molar-refractivity contribution is -0.105. The van der Waals surface area contributed by atoms with Crippen LogP contribution < -0.4 is 20.7 Å². The molecule has 0 heterocycles. The highest BCUT2D eigenvalue weighted by atomic mass is 16.5. The van der Waals surface area contributed by atoms with Gasteiger partial charge < -0.3 is 24.6 Å². The van der Waals surface area contributed by atoms with Gasteiger partial charge in [-0.25, -0.2) is 9.59 Å². The molecule has 0 spiro atoms. The van der Waals surface area contributed by atoms with E-state index < -0.39 is 18.3 Å². The maximum absolute atomic E-state index is 11.8. The molecule has 0 aromatic heterocycles. The fourth-order valence-corrected chi connectivity index (χ4v) is 5.78. The number of ether oxygens (including phenoxy) is 3. The molecule has 0 aliphatic heterocycles. The van der Waals surface area contributed by atoms with Gasteiger partial charge in [-0.15, -0.1) is 0 Å². The second-order valence-electron chi connectivity index (χ2n) is 12.0. The Morgan fingerprint density at radius 3 is 1.73 bits per heavy atom. The molecule has 52 heavy (non-hydrogen) atoms. The first-order valence-electron chi connectivity index (χ1n) is 16.7. The number of carbonyl (C=O) groups excluding carboxylic acids is 3. The molecule has 0 aliphatic rings. The van der Waals surface area contributed by atoms with E-state index in [2.05, 4.69) is 20.9 Å². The molecule has 268 valence electrons. The Hall–Kier alpha value is -6.17. The molecule has 3 amide bonds. The lowest BCUT2D eigenvalue weighted by Gasteiger charge is -2.30. The van der Waals surface area contributed by atoms with Gasteiger partial charge in [0, 0.05) is 36.9 Å². The summed E-state index contributed by atoms with van der Waals surface area (Å²) in [6.07, 6.45) is -1.46. The maximum atomic E-state index is 11.8. The van der Waals surface area contributed by atoms with E-state index in [9.17, 15) is 19.5 Å². The van der Waals surface area contributed by atoms with Crippen LogP contribution in [0.1, 0.15) is 39.8 Å². The molecule has 0 bridgehead atoms. The third-order valence-corrected chi connectivity index (χ3v) is 8.45. The lowest BCUT2D eigenvalue weighted by atomic mass is 9.90. The second-order valence-corrected chi connectivity index (χ2v) is 12.0. The van der Waals surface area contributed by atoms with Gasteiger partial charge in [0.25, 0.3) is 0 Å². The van der Waals surface area contributed by atoms with Gasteiger partial charge in [-0.2, -0.15) is 0 Å². The van der Waals surface area contributed by atoms with Crippen molar-refractivity contribution in [2.75, 3.05) is 43.3 Å². The average molecular weight is 703 g/mol. The van der Waals surface area contributed by atoms with E-state index in [1.807, 2.05) is 109 Å². The van der Waals surface area contributed by atoms with Crippen molar-refractivity contribution in [2.24, 2.45) is 0 Å². The quantitative estimate of drug-likeness (QED) is 0.0774. The van der Waals surface area contributed by atoms with E-state index in [0.717, 1.165) is 22.3 Å². The molecule has 0 radical (unpaired) electrons. The molecule has 0 unspecified atom stereocenters. The molecule has 0 saturated carbocycles. The largest absolute Gasteiger partial charge is 0.487 e. The van der Waals surface area contributed by atoms with Gasteiger partial charge in [0.15, 0.2) is 0 Å². The van der Waals surface area contributed by atoms with Crippen molar-refractivity contribution in [1.29, 1.82) is 0 Å². The van der Waals surface area contributed by atoms with Crippen LogP contribution in [0.2, 0.25) is 0 Å². The minimum atomic E-state index is -0.919. The number of methoxy groups -OCH3 is 2. The number of benzene rings is 5. The molecule has 0 saturated heterocycles. The van der Waals surface area contributed by atoms with Crippen molar-refractivity contribution >= 4 is 35.7 Å². The molecule has 0 aliphatic carbocycles. The van der Waals surface area contributed by atoms with E-state index in [-0.39, 0.29) is 12.5 Å². The first-order chi connectivity index (χ1) is 25.3. The van der Waals surface area contributed by atoms with Crippen LogP contribution in [0.5, 0.6) is 5.75 Å². The molecule has 1 atom stereocenters. The van der Waals surface area contributed by atoms with Crippen LogP contribution in [0.25, 0.3) is 0 Å². The van der Waals surface area contributed by atoms with Crippen molar-refractivity contribution < 1.29 is 33.7 Å². The molecule has 11 heteroatoms. The summed E-state index contributed by atoms with van der Waals surface area (Å²) in [6, 6.07) is 40.0. The average Bonchev–Trinajstić information content (AvgIpc) is 3.18. The van der Waals surface area contributed by atoms with Gasteiger partial charge in [-0.05, 0) is 64.2 Å². The summed E-state index contributed by atoms with van der Waals surface area (Å²) in [4.78, 5) is 37.4. The normalized spacial score (nSPS) is 11.4. The SMILES string of the molecule is COC(=O)Nc1ccc(C(CN(Cc2ccccc2)C[C@H](O)c2ccc(OCc3ccccc3)c(NC=O)c2)c2ccc(NC(=O)OC)cc2)cc1. The monoisotopic (exact) mass is 702 g/mol. The number of amides is 3. The van der Waals surface area contributed by atoms with E-state index >= 15 is 0 Å². The summed E-state index contributed by atoms with van der Waals surface area (Å²) >= 11 is 0. The standard InChI is InChI=1S/C41H42N4O7/c1-50-40(48)43-34-18-13-31(14-19-34)36(32-15-20-35(21-16-32)44-41(49)51-2)25-45(24-29-9-5-3-6-10-29)26-38(47)33-17-22-39(37(23-33)42-28-46)52-27-30-11-7-4-8-12-30/h3-23,28,36,38,47H,24-27H2,1-2H3,(H,42,46)(H,43,48)(H,44,49)/t38-/m0/s1. The Labute approximate surface area is 303 Å². The van der Waals surface area contributed by atoms with Crippen molar-refractivity contribution in [1.82, 2.24) is 4.90 Å². The number of rotatable bonds is 16. The van der Waals surface area contributed by atoms with Gasteiger partial charge in [0.05, 0.1) is 26.0 Å². The Bertz CT molecular complexity index is 1830. The predicted molar refractivity (Wildman–Crippen MR) is 200 cm³/mol. The highest BCUT2D eigenvalue weighted by molar-refractivity contribution is 5.85. The minimum absolute atomic E-state index is 0.184. The number of carbonyl (C=O) groups is 3. The molecule has 5 aromatic rings. The van der Waals surface area contributed by atoms with Crippen molar-refractivity contribution in [2.45, 2.75) is 25.2 Å². The number of aliphatic hydroxyl groups is 1. The summed E-state index contributed by atoms with van der Waals surface area (Å²) in [6.45, 7) is 1.62. The van der Waals surface area contributed by atoms with Crippen LogP contribution in [0.3, 0.4) is 0 Å². The van der Waals surface area contributed by atoms with Crippen molar-refractivity contribution in [3.63, 3.8) is 0 Å². The van der Waals surface area contributed by atoms with Gasteiger partial charge in [0.1, 0.15) is 12.4 Å². The first-order valence-corrected chi connectivity index (χ1v) is 16.7. The second kappa shape index (κ2) is 18.7. The van der Waals surface area contributed by atoms with E-state index in [1.165, 1.54) is 14.2 Å². The zero-order valence-electron chi connectivity index (χ0n) is 29.0. The Morgan fingerprint density at radius 2 is 1.21 bits per heavy atom. The number of nitrogens with one attached hydrogen (secondary N) is 3. The molecule has 5 aromatic carbocycles. The minimum Gasteiger partial charge on any atom is -0.487 e. The Balaban J connectivity index is 1.43. The number of nitrogens with zero attached hydrogens (tertiary/aromatic N) is 1. The number of anilines is 3. The van der Waals surface area contributed by atoms with Crippen molar-refractivity contribution in [3.05, 3.63) is 155 Å². The first kappa shape index (κ1) is 37.1. The van der Waals surface area contributed by atoms with Crippen LogP contribution in [0.4, 0.5) is 26.7 Å². The molecule has 5 rings (SSSR count). The fraction of sp³-hybridized carbons (Fsp3) is 0.195. The molecular formula is C41H42N4O7. The number of hydrogen-bond donors (Lipinski definition) is 4. The third kappa shape index (κ3) is 10.7. The van der Waals surface area contributed by atoms with Crippen LogP contribution >= 0.6 is 0 Å². The van der Waals surface area contributed by atoms with E-state index in [1.54, 1.807) is 18.2 Å². The third-order valence-electron chi connectivity index (χ3n) is 8.45. The van der Waals surface area contributed by atoms with Gasteiger partial charge >= 0.3 is 12.2 Å². The van der Waals surface area contributed by atoms with Crippen LogP contribution in [-0.2, 0) is 27.4 Å². The van der Waals surface area contributed by atoms with Gasteiger partial charge in [0.2, 0.25) is 6.41 Å². The topological polar surface area (TPSA) is 138 Å².